The number of ether oxygens (including phenoxy) is 1. The van der Waals surface area contributed by atoms with Gasteiger partial charge in [0.15, 0.2) is 5.78 Å². The van der Waals surface area contributed by atoms with Crippen molar-refractivity contribution in [2.75, 3.05) is 20.3 Å². The maximum Gasteiger partial charge on any atom is 0.268 e. The van der Waals surface area contributed by atoms with E-state index in [-0.39, 0.29) is 29.9 Å². The van der Waals surface area contributed by atoms with E-state index in [4.69, 9.17) is 9.84 Å². The summed E-state index contributed by atoms with van der Waals surface area (Å²) in [6.07, 6.45) is 1.28. The third-order valence-corrected chi connectivity index (χ3v) is 5.08. The highest BCUT2D eigenvalue weighted by molar-refractivity contribution is 6.02. The molecule has 1 aliphatic rings. The van der Waals surface area contributed by atoms with Crippen LogP contribution >= 0.6 is 0 Å². The Morgan fingerprint density at radius 1 is 1.21 bits per heavy atom. The summed E-state index contributed by atoms with van der Waals surface area (Å²) in [6, 6.07) is 8.36. The molecule has 1 heterocycles. The van der Waals surface area contributed by atoms with Crippen LogP contribution in [0.2, 0.25) is 0 Å². The number of amides is 1. The second-order valence-corrected chi connectivity index (χ2v) is 8.03. The Morgan fingerprint density at radius 3 is 2.52 bits per heavy atom. The van der Waals surface area contributed by atoms with Gasteiger partial charge in [0.2, 0.25) is 0 Å². The number of nitrogens with zero attached hydrogens (tertiary/aromatic N) is 1. The van der Waals surface area contributed by atoms with E-state index in [9.17, 15) is 14.4 Å². The maximum absolute atomic E-state index is 13.3. The van der Waals surface area contributed by atoms with Gasteiger partial charge in [0, 0.05) is 36.5 Å². The van der Waals surface area contributed by atoms with Crippen LogP contribution in [0.5, 0.6) is 5.75 Å². The number of aromatic nitrogens is 1. The minimum absolute atomic E-state index is 0.0614. The van der Waals surface area contributed by atoms with Crippen molar-refractivity contribution < 1.29 is 19.4 Å². The minimum Gasteiger partial charge on any atom is -0.497 e. The van der Waals surface area contributed by atoms with Crippen molar-refractivity contribution in [1.29, 1.82) is 0 Å². The van der Waals surface area contributed by atoms with E-state index in [0.29, 0.717) is 42.0 Å². The lowest BCUT2D eigenvalue weighted by atomic mass is 9.75. The molecule has 2 N–H and O–H groups in total. The van der Waals surface area contributed by atoms with Gasteiger partial charge in [0.1, 0.15) is 11.3 Å². The molecule has 0 saturated carbocycles. The summed E-state index contributed by atoms with van der Waals surface area (Å²) in [4.78, 5) is 38.7. The third-order valence-electron chi connectivity index (χ3n) is 5.08. The van der Waals surface area contributed by atoms with Crippen molar-refractivity contribution in [3.05, 3.63) is 57.5 Å². The molecule has 7 nitrogen and oxygen atoms in total. The number of rotatable bonds is 6. The second-order valence-electron chi connectivity index (χ2n) is 8.03. The highest BCUT2D eigenvalue weighted by atomic mass is 16.5. The molecule has 0 aliphatic heterocycles. The predicted molar refractivity (Wildman–Crippen MR) is 109 cm³/mol. The zero-order chi connectivity index (χ0) is 21.2. The van der Waals surface area contributed by atoms with Crippen molar-refractivity contribution >= 4 is 11.7 Å². The van der Waals surface area contributed by atoms with Crippen LogP contribution in [0, 0.1) is 5.41 Å². The molecule has 0 atom stereocenters. The fraction of sp³-hybridized carbons (Fsp3) is 0.409. The van der Waals surface area contributed by atoms with Crippen LogP contribution in [-0.2, 0) is 6.42 Å². The van der Waals surface area contributed by atoms with Gasteiger partial charge in [-0.3, -0.25) is 19.0 Å². The highest BCUT2D eigenvalue weighted by Gasteiger charge is 2.35. The van der Waals surface area contributed by atoms with Crippen molar-refractivity contribution in [2.24, 2.45) is 5.41 Å². The summed E-state index contributed by atoms with van der Waals surface area (Å²) in [7, 11) is 1.56. The maximum atomic E-state index is 13.3. The van der Waals surface area contributed by atoms with Crippen molar-refractivity contribution in [2.45, 2.75) is 33.1 Å². The summed E-state index contributed by atoms with van der Waals surface area (Å²) < 4.78 is 6.66. The Kier molecular flexibility index (Phi) is 5.88. The van der Waals surface area contributed by atoms with Crippen LogP contribution in [0.25, 0.3) is 5.69 Å². The molecule has 0 radical (unpaired) electrons. The largest absolute Gasteiger partial charge is 0.497 e. The van der Waals surface area contributed by atoms with Gasteiger partial charge in [-0.1, -0.05) is 13.8 Å². The average molecular weight is 398 g/mol. The number of carbonyl (C=O) groups excluding carboxylic acids is 2. The van der Waals surface area contributed by atoms with E-state index in [0.717, 1.165) is 0 Å². The molecule has 2 aromatic rings. The normalized spacial score (nSPS) is 15.0. The lowest BCUT2D eigenvalue weighted by molar-refractivity contribution is 0.0908. The van der Waals surface area contributed by atoms with Crippen LogP contribution in [0.15, 0.2) is 35.1 Å². The van der Waals surface area contributed by atoms with Crippen molar-refractivity contribution in [3.8, 4) is 11.4 Å². The molecule has 29 heavy (non-hydrogen) atoms. The molecule has 154 valence electrons. The number of hydrogen-bond donors (Lipinski definition) is 2. The number of methoxy groups -OCH3 is 1. The Morgan fingerprint density at radius 2 is 1.90 bits per heavy atom. The Hall–Kier alpha value is -2.93. The fourth-order valence-corrected chi connectivity index (χ4v) is 3.66. The molecule has 0 spiro atoms. The number of carbonyl (C=O) groups is 2. The molecule has 1 aliphatic carbocycles. The Labute approximate surface area is 169 Å². The molecule has 0 unspecified atom stereocenters. The van der Waals surface area contributed by atoms with E-state index in [1.807, 2.05) is 13.8 Å². The zero-order valence-corrected chi connectivity index (χ0v) is 16.9. The van der Waals surface area contributed by atoms with Gasteiger partial charge in [0.05, 0.1) is 7.11 Å². The zero-order valence-electron chi connectivity index (χ0n) is 16.9. The summed E-state index contributed by atoms with van der Waals surface area (Å²) >= 11 is 0. The molecule has 1 aromatic carbocycles. The predicted octanol–water partition coefficient (Wildman–Crippen LogP) is 2.11. The van der Waals surface area contributed by atoms with Crippen LogP contribution in [0.1, 0.15) is 53.1 Å². The van der Waals surface area contributed by atoms with Gasteiger partial charge in [0.25, 0.3) is 11.5 Å². The lowest BCUT2D eigenvalue weighted by Gasteiger charge is -2.32. The quantitative estimate of drug-likeness (QED) is 0.727. The second kappa shape index (κ2) is 8.21. The van der Waals surface area contributed by atoms with Crippen molar-refractivity contribution in [3.63, 3.8) is 0 Å². The first-order valence-electron chi connectivity index (χ1n) is 9.63. The number of aliphatic hydroxyl groups is 1. The summed E-state index contributed by atoms with van der Waals surface area (Å²) in [6.45, 7) is 4.17. The molecule has 1 amide bonds. The lowest BCUT2D eigenvalue weighted by Crippen LogP contribution is -2.39. The summed E-state index contributed by atoms with van der Waals surface area (Å²) in [5.41, 5.74) is 0.768. The molecule has 3 rings (SSSR count). The standard InChI is InChI=1S/C22H26N2O5/c1-22(2)12-18-16(19(26)13-22)11-17(20(27)23-9-4-10-25)21(28)24(18)14-5-7-15(29-3)8-6-14/h5-8,11,25H,4,9-10,12-13H2,1-3H3,(H,23,27). The van der Waals surface area contributed by atoms with Gasteiger partial charge in [-0.15, -0.1) is 0 Å². The van der Waals surface area contributed by atoms with E-state index in [2.05, 4.69) is 5.32 Å². The fourth-order valence-electron chi connectivity index (χ4n) is 3.66. The van der Waals surface area contributed by atoms with Gasteiger partial charge in [-0.25, -0.2) is 0 Å². The van der Waals surface area contributed by atoms with Crippen LogP contribution < -0.4 is 15.6 Å². The molecule has 0 saturated heterocycles. The van der Waals surface area contributed by atoms with Crippen molar-refractivity contribution in [1.82, 2.24) is 9.88 Å². The third kappa shape index (κ3) is 4.24. The van der Waals surface area contributed by atoms with Crippen LogP contribution in [0.4, 0.5) is 0 Å². The average Bonchev–Trinajstić information content (AvgIpc) is 2.67. The van der Waals surface area contributed by atoms with Crippen LogP contribution in [-0.4, -0.2) is 41.6 Å². The summed E-state index contributed by atoms with van der Waals surface area (Å²) in [5.74, 6) is 0.0130. The number of nitrogens with one attached hydrogen (secondary N) is 1. The molecule has 0 fully saturated rings. The van der Waals surface area contributed by atoms with E-state index in [1.165, 1.54) is 10.6 Å². The number of aliphatic hydroxyl groups excluding tert-OH is 1. The topological polar surface area (TPSA) is 97.6 Å². The first-order valence-corrected chi connectivity index (χ1v) is 9.63. The first kappa shape index (κ1) is 20.8. The Balaban J connectivity index is 2.19. The minimum atomic E-state index is -0.550. The molecule has 1 aromatic heterocycles. The highest BCUT2D eigenvalue weighted by Crippen LogP contribution is 2.35. The number of benzene rings is 1. The monoisotopic (exact) mass is 398 g/mol. The van der Waals surface area contributed by atoms with E-state index < -0.39 is 11.5 Å². The van der Waals surface area contributed by atoms with Gasteiger partial charge in [-0.2, -0.15) is 0 Å². The SMILES string of the molecule is COc1ccc(-n2c3c(cc(C(=O)NCCCO)c2=O)C(=O)CC(C)(C)C3)cc1. The molecular formula is C22H26N2O5. The van der Waals surface area contributed by atoms with E-state index >= 15 is 0 Å². The number of pyridine rings is 1. The van der Waals surface area contributed by atoms with Gasteiger partial charge >= 0.3 is 0 Å². The number of Topliss-reactive ketones (excluding diaryl/α,β-unsaturated/α-hetero) is 1. The summed E-state index contributed by atoms with van der Waals surface area (Å²) in [5, 5.41) is 11.5. The molecule has 7 heteroatoms. The molecular weight excluding hydrogens is 372 g/mol. The van der Waals surface area contributed by atoms with Gasteiger partial charge in [-0.05, 0) is 48.6 Å². The molecule has 0 bridgehead atoms. The number of fused-ring (bicyclic) bond motifs is 1. The smallest absolute Gasteiger partial charge is 0.268 e. The van der Waals surface area contributed by atoms with E-state index in [1.54, 1.807) is 31.4 Å². The Bertz CT molecular complexity index is 989. The van der Waals surface area contributed by atoms with Crippen LogP contribution in [0.3, 0.4) is 0 Å². The number of ketones is 1. The number of hydrogen-bond acceptors (Lipinski definition) is 5. The first-order chi connectivity index (χ1) is 13.8. The van der Waals surface area contributed by atoms with Gasteiger partial charge < -0.3 is 15.2 Å².